The highest BCUT2D eigenvalue weighted by atomic mass is 127. The molecule has 1 N–H and O–H groups in total. The zero-order valence-corrected chi connectivity index (χ0v) is 18.7. The van der Waals surface area contributed by atoms with Crippen molar-refractivity contribution in [2.24, 2.45) is 4.99 Å². The number of carboxylic acids is 1. The summed E-state index contributed by atoms with van der Waals surface area (Å²) in [5.41, 5.74) is 0.862. The lowest BCUT2D eigenvalue weighted by Crippen LogP contribution is -2.28. The smallest absolute Gasteiger partial charge is 0.341 e. The Morgan fingerprint density at radius 1 is 1.36 bits per heavy atom. The van der Waals surface area contributed by atoms with Crippen LogP contribution in [0, 0.1) is 7.14 Å². The highest BCUT2D eigenvalue weighted by Gasteiger charge is 2.31. The lowest BCUT2D eigenvalue weighted by Gasteiger charge is -2.11. The zero-order chi connectivity index (χ0) is 18.6. The van der Waals surface area contributed by atoms with E-state index in [2.05, 4.69) is 50.2 Å². The summed E-state index contributed by atoms with van der Waals surface area (Å²) in [4.78, 5) is 29.8. The minimum Gasteiger partial charge on any atom is -0.480 e. The van der Waals surface area contributed by atoms with Crippen LogP contribution in [-0.4, -0.2) is 46.7 Å². The first-order chi connectivity index (χ1) is 11.9. The van der Waals surface area contributed by atoms with Crippen molar-refractivity contribution >= 4 is 80.1 Å². The molecule has 25 heavy (non-hydrogen) atoms. The molecule has 0 unspecified atom stereocenters. The van der Waals surface area contributed by atoms with Gasteiger partial charge in [0.05, 0.1) is 12.0 Å². The first kappa shape index (κ1) is 20.5. The van der Waals surface area contributed by atoms with Gasteiger partial charge in [-0.3, -0.25) is 14.7 Å². The number of ether oxygens (including phenoxy) is 1. The molecule has 6 nitrogen and oxygen atoms in total. The zero-order valence-electron chi connectivity index (χ0n) is 13.6. The molecule has 0 atom stereocenters. The summed E-state index contributed by atoms with van der Waals surface area (Å²) in [6.45, 7) is 4.69. The molecular weight excluding hydrogens is 570 g/mol. The molecule has 0 spiro atoms. The van der Waals surface area contributed by atoms with Gasteiger partial charge in [-0.1, -0.05) is 0 Å². The van der Waals surface area contributed by atoms with E-state index in [-0.39, 0.29) is 12.5 Å². The summed E-state index contributed by atoms with van der Waals surface area (Å²) >= 11 is 5.58. The number of hydrogen-bond acceptors (Lipinski definition) is 5. The molecule has 0 saturated carbocycles. The number of amides is 1. The molecule has 1 amide bonds. The van der Waals surface area contributed by atoms with Crippen LogP contribution in [0.4, 0.5) is 0 Å². The Hall–Kier alpha value is -0.820. The Morgan fingerprint density at radius 3 is 2.52 bits per heavy atom. The first-order valence-electron chi connectivity index (χ1n) is 7.46. The van der Waals surface area contributed by atoms with E-state index in [0.29, 0.717) is 23.7 Å². The van der Waals surface area contributed by atoms with Gasteiger partial charge in [0.2, 0.25) is 0 Å². The van der Waals surface area contributed by atoms with Gasteiger partial charge >= 0.3 is 5.97 Å². The SMILES string of the molecule is CCN=C1S/C(=C/c2cc(I)c(OCC(=O)O)c(I)c2)C(=O)N1CC. The third kappa shape index (κ3) is 5.09. The maximum Gasteiger partial charge on any atom is 0.341 e. The number of carboxylic acid groups (broad SMARTS) is 1. The van der Waals surface area contributed by atoms with Crippen molar-refractivity contribution in [3.63, 3.8) is 0 Å². The number of thioether (sulfide) groups is 1. The minimum absolute atomic E-state index is 0.0454. The number of aliphatic imine (C=N–C) groups is 1. The maximum atomic E-state index is 12.5. The van der Waals surface area contributed by atoms with Crippen molar-refractivity contribution < 1.29 is 19.4 Å². The van der Waals surface area contributed by atoms with E-state index in [1.807, 2.05) is 32.1 Å². The van der Waals surface area contributed by atoms with Gasteiger partial charge in [0.25, 0.3) is 5.91 Å². The Kier molecular flexibility index (Phi) is 7.55. The molecule has 1 aliphatic rings. The minimum atomic E-state index is -1.02. The van der Waals surface area contributed by atoms with Crippen molar-refractivity contribution in [2.45, 2.75) is 13.8 Å². The van der Waals surface area contributed by atoms with Crippen molar-refractivity contribution in [1.82, 2.24) is 4.90 Å². The van der Waals surface area contributed by atoms with E-state index in [9.17, 15) is 9.59 Å². The number of likely N-dealkylation sites (N-methyl/N-ethyl adjacent to an activating group) is 1. The maximum absolute atomic E-state index is 12.5. The van der Waals surface area contributed by atoms with Gasteiger partial charge in [-0.05, 0) is 94.6 Å². The summed E-state index contributed by atoms with van der Waals surface area (Å²) in [5, 5.41) is 9.48. The fourth-order valence-corrected chi connectivity index (χ4v) is 5.36. The van der Waals surface area contributed by atoms with Gasteiger partial charge < -0.3 is 9.84 Å². The van der Waals surface area contributed by atoms with Crippen LogP contribution in [0.5, 0.6) is 5.75 Å². The summed E-state index contributed by atoms with van der Waals surface area (Å²) in [6, 6.07) is 3.73. The van der Waals surface area contributed by atoms with E-state index in [4.69, 9.17) is 9.84 Å². The molecular formula is C16H16I2N2O4S. The number of amidine groups is 1. The van der Waals surface area contributed by atoms with Gasteiger partial charge in [-0.15, -0.1) is 0 Å². The Bertz CT molecular complexity index is 741. The van der Waals surface area contributed by atoms with E-state index >= 15 is 0 Å². The molecule has 134 valence electrons. The number of aliphatic carboxylic acids is 1. The van der Waals surface area contributed by atoms with E-state index in [0.717, 1.165) is 17.9 Å². The highest BCUT2D eigenvalue weighted by Crippen LogP contribution is 2.34. The van der Waals surface area contributed by atoms with Crippen LogP contribution in [0.25, 0.3) is 6.08 Å². The quantitative estimate of drug-likeness (QED) is 0.407. The lowest BCUT2D eigenvalue weighted by molar-refractivity contribution is -0.139. The second kappa shape index (κ2) is 9.21. The van der Waals surface area contributed by atoms with Crippen molar-refractivity contribution in [1.29, 1.82) is 0 Å². The largest absolute Gasteiger partial charge is 0.480 e. The topological polar surface area (TPSA) is 79.2 Å². The number of benzene rings is 1. The number of hydrogen-bond donors (Lipinski definition) is 1. The molecule has 1 aliphatic heterocycles. The van der Waals surface area contributed by atoms with Crippen LogP contribution in [0.15, 0.2) is 22.0 Å². The highest BCUT2D eigenvalue weighted by molar-refractivity contribution is 14.1. The second-order valence-corrected chi connectivity index (χ2v) is 8.25. The number of nitrogens with zero attached hydrogens (tertiary/aromatic N) is 2. The van der Waals surface area contributed by atoms with E-state index < -0.39 is 5.97 Å². The normalized spacial score (nSPS) is 17.6. The van der Waals surface area contributed by atoms with Crippen LogP contribution in [0.3, 0.4) is 0 Å². The molecule has 9 heteroatoms. The Morgan fingerprint density at radius 2 is 2.00 bits per heavy atom. The molecule has 1 heterocycles. The van der Waals surface area contributed by atoms with Gasteiger partial charge in [-0.2, -0.15) is 0 Å². The summed E-state index contributed by atoms with van der Waals surface area (Å²) < 4.78 is 6.91. The van der Waals surface area contributed by atoms with Crippen LogP contribution in [-0.2, 0) is 9.59 Å². The molecule has 0 aromatic heterocycles. The van der Waals surface area contributed by atoms with E-state index in [1.165, 1.54) is 11.8 Å². The molecule has 1 fully saturated rings. The monoisotopic (exact) mass is 586 g/mol. The summed E-state index contributed by atoms with van der Waals surface area (Å²) in [5.74, 6) is -0.524. The predicted octanol–water partition coefficient (Wildman–Crippen LogP) is 3.67. The average molecular weight is 586 g/mol. The fraction of sp³-hybridized carbons (Fsp3) is 0.312. The Balaban J connectivity index is 2.31. The molecule has 0 aliphatic carbocycles. The summed E-state index contributed by atoms with van der Waals surface area (Å²) in [6.07, 6.45) is 1.83. The number of halogens is 2. The van der Waals surface area contributed by atoms with Crippen LogP contribution in [0.2, 0.25) is 0 Å². The first-order valence-corrected chi connectivity index (χ1v) is 10.4. The summed E-state index contributed by atoms with van der Waals surface area (Å²) in [7, 11) is 0. The number of rotatable bonds is 6. The molecule has 2 rings (SSSR count). The Labute approximate surface area is 177 Å². The van der Waals surface area contributed by atoms with E-state index in [1.54, 1.807) is 4.90 Å². The lowest BCUT2D eigenvalue weighted by atomic mass is 10.2. The third-order valence-electron chi connectivity index (χ3n) is 3.16. The number of carbonyl (C=O) groups is 2. The molecule has 0 radical (unpaired) electrons. The van der Waals surface area contributed by atoms with Crippen molar-refractivity contribution in [2.75, 3.05) is 19.7 Å². The molecule has 1 aromatic rings. The van der Waals surface area contributed by atoms with Gasteiger partial charge in [-0.25, -0.2) is 4.79 Å². The van der Waals surface area contributed by atoms with Crippen LogP contribution < -0.4 is 4.74 Å². The van der Waals surface area contributed by atoms with Crippen molar-refractivity contribution in [3.05, 3.63) is 29.7 Å². The van der Waals surface area contributed by atoms with Crippen molar-refractivity contribution in [3.8, 4) is 5.75 Å². The average Bonchev–Trinajstić information content (AvgIpc) is 2.81. The molecule has 1 saturated heterocycles. The third-order valence-corrected chi connectivity index (χ3v) is 5.80. The van der Waals surface area contributed by atoms with Gasteiger partial charge in [0, 0.05) is 13.1 Å². The predicted molar refractivity (Wildman–Crippen MR) is 116 cm³/mol. The van der Waals surface area contributed by atoms with Gasteiger partial charge in [0.15, 0.2) is 11.8 Å². The molecule has 0 bridgehead atoms. The fourth-order valence-electron chi connectivity index (χ4n) is 2.13. The molecule has 1 aromatic carbocycles. The second-order valence-electron chi connectivity index (χ2n) is 4.91. The standard InChI is InChI=1S/C16H16I2N2O4S/c1-3-19-16-20(4-2)15(23)12(25-16)7-9-5-10(17)14(11(18)6-9)24-8-13(21)22/h5-7H,3-4,8H2,1-2H3,(H,21,22)/b12-7+,19-16?. The number of carbonyl (C=O) groups excluding carboxylic acids is 1. The van der Waals surface area contributed by atoms with Crippen LogP contribution >= 0.6 is 56.9 Å². The van der Waals surface area contributed by atoms with Crippen LogP contribution in [0.1, 0.15) is 19.4 Å². The van der Waals surface area contributed by atoms with Gasteiger partial charge in [0.1, 0.15) is 5.75 Å².